The Balaban J connectivity index is 1.60. The molecule has 2 heterocycles. The lowest BCUT2D eigenvalue weighted by atomic mass is 10.1. The van der Waals surface area contributed by atoms with Crippen LogP contribution in [-0.2, 0) is 13.7 Å². The maximum atomic E-state index is 12.2. The molecule has 142 valence electrons. The summed E-state index contributed by atoms with van der Waals surface area (Å²) in [5.74, 6) is 0. The van der Waals surface area contributed by atoms with Crippen molar-refractivity contribution >= 4 is 22.9 Å². The van der Waals surface area contributed by atoms with Gasteiger partial charge in [0.15, 0.2) is 0 Å². The lowest BCUT2D eigenvalue weighted by Gasteiger charge is -2.11. The van der Waals surface area contributed by atoms with E-state index in [9.17, 15) is 4.79 Å². The molecule has 0 saturated carbocycles. The lowest BCUT2D eigenvalue weighted by molar-refractivity contribution is 0.303. The van der Waals surface area contributed by atoms with E-state index in [1.54, 1.807) is 7.05 Å². The molecule has 2 aromatic heterocycles. The van der Waals surface area contributed by atoms with Gasteiger partial charge in [0.1, 0.15) is 6.61 Å². The SMILES string of the molecule is Cc1cccc(-n2nnn(C)c2=O)c1COc1nc(-c2cccc(Cl)c2)cs1. The Morgan fingerprint density at radius 3 is 2.75 bits per heavy atom. The Morgan fingerprint density at radius 2 is 2.00 bits per heavy atom. The summed E-state index contributed by atoms with van der Waals surface area (Å²) in [5.41, 5.74) is 3.90. The van der Waals surface area contributed by atoms with Crippen molar-refractivity contribution in [2.75, 3.05) is 0 Å². The molecule has 0 atom stereocenters. The standard InChI is InChI=1S/C19H16ClN5O2S/c1-12-5-3-8-17(25-19(26)24(2)22-23-25)15(12)10-27-18-21-16(11-28-18)13-6-4-7-14(20)9-13/h3-9,11H,10H2,1-2H3. The summed E-state index contributed by atoms with van der Waals surface area (Å²) in [4.78, 5) is 16.8. The van der Waals surface area contributed by atoms with Crippen LogP contribution in [0.15, 0.2) is 52.6 Å². The molecule has 0 aliphatic heterocycles. The molecule has 0 aliphatic carbocycles. The minimum Gasteiger partial charge on any atom is -0.465 e. The molecular formula is C19H16ClN5O2S. The summed E-state index contributed by atoms with van der Waals surface area (Å²) in [6, 6.07) is 13.2. The van der Waals surface area contributed by atoms with Crippen LogP contribution in [0.5, 0.6) is 5.19 Å². The largest absolute Gasteiger partial charge is 0.465 e. The molecule has 0 bridgehead atoms. The van der Waals surface area contributed by atoms with Gasteiger partial charge in [-0.05, 0) is 41.1 Å². The first-order chi connectivity index (χ1) is 13.5. The normalized spacial score (nSPS) is 11.0. The van der Waals surface area contributed by atoms with Crippen LogP contribution >= 0.6 is 22.9 Å². The molecule has 0 amide bonds. The van der Waals surface area contributed by atoms with Gasteiger partial charge in [0, 0.05) is 28.6 Å². The molecule has 0 unspecified atom stereocenters. The number of halogens is 1. The molecule has 9 heteroatoms. The zero-order valence-corrected chi connectivity index (χ0v) is 16.7. The molecule has 0 radical (unpaired) electrons. The van der Waals surface area contributed by atoms with Crippen molar-refractivity contribution in [3.8, 4) is 22.1 Å². The molecule has 4 aromatic rings. The lowest BCUT2D eigenvalue weighted by Crippen LogP contribution is -2.23. The van der Waals surface area contributed by atoms with Crippen LogP contribution < -0.4 is 10.4 Å². The Bertz CT molecular complexity index is 1200. The Kier molecular flexibility index (Phi) is 4.97. The van der Waals surface area contributed by atoms with Crippen LogP contribution in [0.1, 0.15) is 11.1 Å². The molecule has 0 spiro atoms. The number of rotatable bonds is 5. The average Bonchev–Trinajstić information content (AvgIpc) is 3.28. The van der Waals surface area contributed by atoms with Crippen LogP contribution in [-0.4, -0.2) is 24.8 Å². The summed E-state index contributed by atoms with van der Waals surface area (Å²) in [5, 5.41) is 10.8. The van der Waals surface area contributed by atoms with E-state index in [0.29, 0.717) is 15.9 Å². The molecular weight excluding hydrogens is 398 g/mol. The second kappa shape index (κ2) is 7.57. The summed E-state index contributed by atoms with van der Waals surface area (Å²) in [7, 11) is 1.56. The number of hydrogen-bond donors (Lipinski definition) is 0. The number of aromatic nitrogens is 5. The third-order valence-corrected chi connectivity index (χ3v) is 5.27. The molecule has 0 N–H and O–H groups in total. The summed E-state index contributed by atoms with van der Waals surface area (Å²) >= 11 is 7.46. The van der Waals surface area contributed by atoms with Gasteiger partial charge in [-0.3, -0.25) is 0 Å². The Hall–Kier alpha value is -2.97. The molecule has 0 fully saturated rings. The van der Waals surface area contributed by atoms with Gasteiger partial charge in [-0.25, -0.2) is 9.78 Å². The first-order valence-corrected chi connectivity index (χ1v) is 9.71. The average molecular weight is 414 g/mol. The fraction of sp³-hybridized carbons (Fsp3) is 0.158. The van der Waals surface area contributed by atoms with Gasteiger partial charge in [0.05, 0.1) is 11.4 Å². The summed E-state index contributed by atoms with van der Waals surface area (Å²) in [6.45, 7) is 2.22. The van der Waals surface area contributed by atoms with E-state index in [-0.39, 0.29) is 12.3 Å². The number of benzene rings is 2. The summed E-state index contributed by atoms with van der Waals surface area (Å²) in [6.07, 6.45) is 0. The minimum absolute atomic E-state index is 0.257. The highest BCUT2D eigenvalue weighted by Gasteiger charge is 2.14. The maximum absolute atomic E-state index is 12.2. The zero-order chi connectivity index (χ0) is 19.7. The number of thiazole rings is 1. The highest BCUT2D eigenvalue weighted by molar-refractivity contribution is 7.11. The van der Waals surface area contributed by atoms with Crippen LogP contribution in [0.2, 0.25) is 5.02 Å². The molecule has 0 saturated heterocycles. The van der Waals surface area contributed by atoms with Crippen molar-refractivity contribution in [2.24, 2.45) is 7.05 Å². The van der Waals surface area contributed by atoms with E-state index in [4.69, 9.17) is 16.3 Å². The van der Waals surface area contributed by atoms with Gasteiger partial charge in [0.2, 0.25) is 0 Å². The van der Waals surface area contributed by atoms with Gasteiger partial charge in [0.25, 0.3) is 5.19 Å². The topological polar surface area (TPSA) is 74.8 Å². The van der Waals surface area contributed by atoms with E-state index in [1.807, 2.05) is 54.8 Å². The number of tetrazole rings is 1. The second-order valence-electron chi connectivity index (χ2n) is 6.17. The van der Waals surface area contributed by atoms with Gasteiger partial charge in [-0.2, -0.15) is 9.36 Å². The third kappa shape index (κ3) is 3.56. The zero-order valence-electron chi connectivity index (χ0n) is 15.2. The minimum atomic E-state index is -0.315. The Morgan fingerprint density at radius 1 is 1.18 bits per heavy atom. The molecule has 2 aromatic carbocycles. The van der Waals surface area contributed by atoms with E-state index >= 15 is 0 Å². The van der Waals surface area contributed by atoms with Crippen molar-refractivity contribution in [1.82, 2.24) is 24.8 Å². The quantitative estimate of drug-likeness (QED) is 0.499. The number of aryl methyl sites for hydroxylation is 2. The maximum Gasteiger partial charge on any atom is 0.368 e. The van der Waals surface area contributed by atoms with Crippen LogP contribution in [0.4, 0.5) is 0 Å². The predicted molar refractivity (Wildman–Crippen MR) is 108 cm³/mol. The van der Waals surface area contributed by atoms with Crippen molar-refractivity contribution in [3.05, 3.63) is 74.5 Å². The van der Waals surface area contributed by atoms with Gasteiger partial charge in [-0.15, -0.1) is 0 Å². The monoisotopic (exact) mass is 413 g/mol. The van der Waals surface area contributed by atoms with E-state index in [2.05, 4.69) is 15.4 Å². The van der Waals surface area contributed by atoms with Crippen LogP contribution in [0, 0.1) is 6.92 Å². The summed E-state index contributed by atoms with van der Waals surface area (Å²) < 4.78 is 8.37. The second-order valence-corrected chi connectivity index (χ2v) is 7.42. The van der Waals surface area contributed by atoms with Crippen LogP contribution in [0.3, 0.4) is 0 Å². The van der Waals surface area contributed by atoms with E-state index < -0.39 is 0 Å². The van der Waals surface area contributed by atoms with E-state index in [0.717, 1.165) is 22.4 Å². The van der Waals surface area contributed by atoms with Crippen molar-refractivity contribution in [1.29, 1.82) is 0 Å². The molecule has 7 nitrogen and oxygen atoms in total. The van der Waals surface area contributed by atoms with Gasteiger partial charge < -0.3 is 4.74 Å². The number of hydrogen-bond acceptors (Lipinski definition) is 6. The fourth-order valence-corrected chi connectivity index (χ4v) is 3.65. The predicted octanol–water partition coefficient (Wildman–Crippen LogP) is 3.63. The van der Waals surface area contributed by atoms with Crippen molar-refractivity contribution in [3.63, 3.8) is 0 Å². The first-order valence-electron chi connectivity index (χ1n) is 8.45. The van der Waals surface area contributed by atoms with Gasteiger partial charge in [-0.1, -0.05) is 47.2 Å². The number of ether oxygens (including phenoxy) is 1. The van der Waals surface area contributed by atoms with E-state index in [1.165, 1.54) is 20.7 Å². The third-order valence-electron chi connectivity index (χ3n) is 4.28. The molecule has 0 aliphatic rings. The van der Waals surface area contributed by atoms with Crippen LogP contribution in [0.25, 0.3) is 16.9 Å². The number of nitrogens with zero attached hydrogens (tertiary/aromatic N) is 5. The van der Waals surface area contributed by atoms with Crippen molar-refractivity contribution < 1.29 is 4.74 Å². The van der Waals surface area contributed by atoms with Crippen molar-refractivity contribution in [2.45, 2.75) is 13.5 Å². The molecule has 28 heavy (non-hydrogen) atoms. The fourth-order valence-electron chi connectivity index (χ4n) is 2.78. The first kappa shape index (κ1) is 18.4. The smallest absolute Gasteiger partial charge is 0.368 e. The van der Waals surface area contributed by atoms with Gasteiger partial charge >= 0.3 is 5.69 Å². The highest BCUT2D eigenvalue weighted by Crippen LogP contribution is 2.29. The molecule has 4 rings (SSSR count). The highest BCUT2D eigenvalue weighted by atomic mass is 35.5. The Labute approximate surface area is 169 Å².